The van der Waals surface area contributed by atoms with E-state index in [0.717, 1.165) is 12.8 Å². The van der Waals surface area contributed by atoms with E-state index in [4.69, 9.17) is 0 Å². The zero-order valence-corrected chi connectivity index (χ0v) is 9.07. The second-order valence-corrected chi connectivity index (χ2v) is 3.98. The Morgan fingerprint density at radius 1 is 1.33 bits per heavy atom. The number of allylic oxidation sites excluding steroid dienone is 2. The van der Waals surface area contributed by atoms with Gasteiger partial charge in [-0.15, -0.1) is 0 Å². The fourth-order valence-electron chi connectivity index (χ4n) is 2.23. The van der Waals surface area contributed by atoms with Gasteiger partial charge >= 0.3 is 0 Å². The molecule has 0 N–H and O–H groups in total. The van der Waals surface area contributed by atoms with Crippen LogP contribution >= 0.6 is 0 Å². The fraction of sp³-hybridized carbons (Fsp3) is 0.357. The van der Waals surface area contributed by atoms with Crippen LogP contribution in [0.4, 0.5) is 0 Å². The van der Waals surface area contributed by atoms with Crippen LogP contribution < -0.4 is 0 Å². The van der Waals surface area contributed by atoms with Crippen molar-refractivity contribution in [2.45, 2.75) is 26.2 Å². The van der Waals surface area contributed by atoms with Gasteiger partial charge in [-0.2, -0.15) is 0 Å². The van der Waals surface area contributed by atoms with E-state index in [-0.39, 0.29) is 5.92 Å². The second-order valence-electron chi connectivity index (χ2n) is 3.98. The fourth-order valence-corrected chi connectivity index (χ4v) is 2.23. The number of benzene rings is 1. The Hall–Kier alpha value is -1.37. The van der Waals surface area contributed by atoms with E-state index in [0.29, 0.717) is 12.2 Å². The third-order valence-corrected chi connectivity index (χ3v) is 3.04. The van der Waals surface area contributed by atoms with Crippen molar-refractivity contribution in [1.82, 2.24) is 0 Å². The van der Waals surface area contributed by atoms with E-state index >= 15 is 0 Å². The summed E-state index contributed by atoms with van der Waals surface area (Å²) in [6.45, 7) is 1.95. The van der Waals surface area contributed by atoms with Crippen molar-refractivity contribution in [3.8, 4) is 0 Å². The zero-order chi connectivity index (χ0) is 10.7. The van der Waals surface area contributed by atoms with Crippen molar-refractivity contribution in [2.75, 3.05) is 0 Å². The SMILES string of the molecule is CCC(=O)C1CCC=C1c1ccccc1. The third-order valence-electron chi connectivity index (χ3n) is 3.04. The van der Waals surface area contributed by atoms with Crippen LogP contribution in [0.15, 0.2) is 36.4 Å². The van der Waals surface area contributed by atoms with Crippen molar-refractivity contribution < 1.29 is 4.79 Å². The lowest BCUT2D eigenvalue weighted by Crippen LogP contribution is -2.11. The molecule has 1 nitrogen and oxygen atoms in total. The first-order valence-corrected chi connectivity index (χ1v) is 5.61. The lowest BCUT2D eigenvalue weighted by Gasteiger charge is -2.12. The molecule has 1 aromatic rings. The highest BCUT2D eigenvalue weighted by Crippen LogP contribution is 2.34. The van der Waals surface area contributed by atoms with Crippen LogP contribution in [-0.4, -0.2) is 5.78 Å². The van der Waals surface area contributed by atoms with Gasteiger partial charge in [0.2, 0.25) is 0 Å². The Morgan fingerprint density at radius 2 is 2.07 bits per heavy atom. The van der Waals surface area contributed by atoms with Gasteiger partial charge in [0.15, 0.2) is 0 Å². The van der Waals surface area contributed by atoms with Crippen molar-refractivity contribution in [1.29, 1.82) is 0 Å². The molecule has 1 heteroatoms. The van der Waals surface area contributed by atoms with Crippen LogP contribution in [0.2, 0.25) is 0 Å². The first-order chi connectivity index (χ1) is 7.33. The standard InChI is InChI=1S/C14H16O/c1-2-14(15)13-10-6-9-12(13)11-7-4-3-5-8-11/h3-5,7-9,13H,2,6,10H2,1H3. The van der Waals surface area contributed by atoms with Gasteiger partial charge in [-0.1, -0.05) is 43.3 Å². The van der Waals surface area contributed by atoms with Crippen molar-refractivity contribution in [3.05, 3.63) is 42.0 Å². The maximum atomic E-state index is 11.8. The molecule has 0 saturated carbocycles. The number of carbonyl (C=O) groups excluding carboxylic acids is 1. The Labute approximate surface area is 90.8 Å². The van der Waals surface area contributed by atoms with E-state index in [1.54, 1.807) is 0 Å². The molecule has 0 amide bonds. The van der Waals surface area contributed by atoms with Crippen molar-refractivity contribution >= 4 is 11.4 Å². The lowest BCUT2D eigenvalue weighted by atomic mass is 9.90. The number of Topliss-reactive ketones (excluding diaryl/α,β-unsaturated/α-hetero) is 1. The molecule has 0 aliphatic heterocycles. The molecule has 0 aromatic heterocycles. The van der Waals surface area contributed by atoms with E-state index < -0.39 is 0 Å². The topological polar surface area (TPSA) is 17.1 Å². The minimum absolute atomic E-state index is 0.150. The van der Waals surface area contributed by atoms with Gasteiger partial charge in [0.05, 0.1) is 0 Å². The van der Waals surface area contributed by atoms with Crippen LogP contribution in [0.5, 0.6) is 0 Å². The number of hydrogen-bond donors (Lipinski definition) is 0. The highest BCUT2D eigenvalue weighted by atomic mass is 16.1. The third kappa shape index (κ3) is 2.01. The first kappa shape index (κ1) is 10.2. The molecule has 0 spiro atoms. The Morgan fingerprint density at radius 3 is 2.73 bits per heavy atom. The molecule has 0 radical (unpaired) electrons. The minimum Gasteiger partial charge on any atom is -0.299 e. The number of ketones is 1. The monoisotopic (exact) mass is 200 g/mol. The summed E-state index contributed by atoms with van der Waals surface area (Å²) in [5.41, 5.74) is 2.45. The Balaban J connectivity index is 2.26. The molecule has 0 fully saturated rings. The van der Waals surface area contributed by atoms with Gasteiger partial charge in [0, 0.05) is 12.3 Å². The smallest absolute Gasteiger partial charge is 0.140 e. The van der Waals surface area contributed by atoms with Crippen LogP contribution in [0.3, 0.4) is 0 Å². The van der Waals surface area contributed by atoms with Crippen LogP contribution in [-0.2, 0) is 4.79 Å². The van der Waals surface area contributed by atoms with E-state index in [1.165, 1.54) is 11.1 Å². The molecule has 1 aliphatic rings. The number of rotatable bonds is 3. The maximum Gasteiger partial charge on any atom is 0.140 e. The predicted molar refractivity (Wildman–Crippen MR) is 62.4 cm³/mol. The molecule has 0 saturated heterocycles. The van der Waals surface area contributed by atoms with Crippen molar-refractivity contribution in [2.24, 2.45) is 5.92 Å². The predicted octanol–water partition coefficient (Wildman–Crippen LogP) is 3.46. The molecule has 1 atom stereocenters. The molecule has 0 heterocycles. The van der Waals surface area contributed by atoms with Crippen LogP contribution in [0, 0.1) is 5.92 Å². The molecule has 15 heavy (non-hydrogen) atoms. The molecule has 78 valence electrons. The average Bonchev–Trinajstić information content (AvgIpc) is 2.78. The quantitative estimate of drug-likeness (QED) is 0.730. The summed E-state index contributed by atoms with van der Waals surface area (Å²) < 4.78 is 0. The van der Waals surface area contributed by atoms with E-state index in [1.807, 2.05) is 25.1 Å². The van der Waals surface area contributed by atoms with Crippen LogP contribution in [0.25, 0.3) is 5.57 Å². The number of carbonyl (C=O) groups is 1. The van der Waals surface area contributed by atoms with Crippen LogP contribution in [0.1, 0.15) is 31.7 Å². The van der Waals surface area contributed by atoms with Gasteiger partial charge in [0.25, 0.3) is 0 Å². The molecule has 1 aliphatic carbocycles. The van der Waals surface area contributed by atoms with Gasteiger partial charge in [-0.05, 0) is 24.0 Å². The zero-order valence-electron chi connectivity index (χ0n) is 9.07. The van der Waals surface area contributed by atoms with Crippen molar-refractivity contribution in [3.63, 3.8) is 0 Å². The summed E-state index contributed by atoms with van der Waals surface area (Å²) in [5, 5.41) is 0. The number of hydrogen-bond acceptors (Lipinski definition) is 1. The normalized spacial score (nSPS) is 20.1. The highest BCUT2D eigenvalue weighted by molar-refractivity contribution is 5.94. The summed E-state index contributed by atoms with van der Waals surface area (Å²) in [6.07, 6.45) is 4.90. The molecular weight excluding hydrogens is 184 g/mol. The average molecular weight is 200 g/mol. The minimum atomic E-state index is 0.150. The second kappa shape index (κ2) is 4.43. The maximum absolute atomic E-state index is 11.8. The van der Waals surface area contributed by atoms with Gasteiger partial charge in [-0.25, -0.2) is 0 Å². The molecule has 0 bridgehead atoms. The summed E-state index contributed by atoms with van der Waals surface area (Å²) in [4.78, 5) is 11.8. The highest BCUT2D eigenvalue weighted by Gasteiger charge is 2.25. The molecular formula is C14H16O. The Kier molecular flexibility index (Phi) is 3.00. The lowest BCUT2D eigenvalue weighted by molar-refractivity contribution is -0.120. The van der Waals surface area contributed by atoms with Gasteiger partial charge < -0.3 is 0 Å². The van der Waals surface area contributed by atoms with E-state index in [2.05, 4.69) is 18.2 Å². The molecule has 1 unspecified atom stereocenters. The van der Waals surface area contributed by atoms with Gasteiger partial charge in [-0.3, -0.25) is 4.79 Å². The summed E-state index contributed by atoms with van der Waals surface area (Å²) in [5.74, 6) is 0.528. The van der Waals surface area contributed by atoms with Gasteiger partial charge in [0.1, 0.15) is 5.78 Å². The summed E-state index contributed by atoms with van der Waals surface area (Å²) in [6, 6.07) is 10.2. The first-order valence-electron chi connectivity index (χ1n) is 5.61. The molecule has 2 rings (SSSR count). The van der Waals surface area contributed by atoms with E-state index in [9.17, 15) is 4.79 Å². The summed E-state index contributed by atoms with van der Waals surface area (Å²) >= 11 is 0. The summed E-state index contributed by atoms with van der Waals surface area (Å²) in [7, 11) is 0. The molecule has 1 aromatic carbocycles. The Bertz CT molecular complexity index is 376. The largest absolute Gasteiger partial charge is 0.299 e.